The van der Waals surface area contributed by atoms with Crippen LogP contribution in [0.25, 0.3) is 0 Å². The number of rotatable bonds is 1. The molecule has 0 aliphatic carbocycles. The fourth-order valence-corrected chi connectivity index (χ4v) is 2.52. The highest BCUT2D eigenvalue weighted by Crippen LogP contribution is 2.31. The summed E-state index contributed by atoms with van der Waals surface area (Å²) >= 11 is 1.96. The maximum Gasteiger partial charge on any atom is 0.105 e. The minimum atomic E-state index is 0.432. The number of thioether (sulfide) groups is 1. The van der Waals surface area contributed by atoms with Gasteiger partial charge in [-0.25, -0.2) is 0 Å². The van der Waals surface area contributed by atoms with Crippen LogP contribution in [0, 0.1) is 11.8 Å². The van der Waals surface area contributed by atoms with E-state index in [1.165, 1.54) is 5.75 Å². The molecule has 1 rings (SSSR count). The Bertz CT molecular complexity index is 125. The Balaban J connectivity index is 2.40. The topological polar surface area (TPSA) is 9.23 Å². The molecule has 11 heavy (non-hydrogen) atoms. The van der Waals surface area contributed by atoms with E-state index in [2.05, 4.69) is 27.7 Å². The second kappa shape index (κ2) is 3.81. The van der Waals surface area contributed by atoms with E-state index in [4.69, 9.17) is 4.74 Å². The first-order valence-electron chi connectivity index (χ1n) is 4.38. The smallest absolute Gasteiger partial charge is 0.105 e. The van der Waals surface area contributed by atoms with Gasteiger partial charge in [-0.15, -0.1) is 11.8 Å². The molecule has 0 bridgehead atoms. The van der Waals surface area contributed by atoms with E-state index >= 15 is 0 Å². The maximum atomic E-state index is 5.82. The van der Waals surface area contributed by atoms with Crippen molar-refractivity contribution in [3.8, 4) is 0 Å². The second-order valence-corrected chi connectivity index (χ2v) is 4.90. The van der Waals surface area contributed by atoms with E-state index in [1.54, 1.807) is 0 Å². The highest BCUT2D eigenvalue weighted by atomic mass is 32.2. The van der Waals surface area contributed by atoms with Crippen molar-refractivity contribution in [1.29, 1.82) is 0 Å². The average molecular weight is 174 g/mol. The van der Waals surface area contributed by atoms with Gasteiger partial charge in [-0.2, -0.15) is 0 Å². The molecule has 0 saturated carbocycles. The summed E-state index contributed by atoms with van der Waals surface area (Å²) in [5.41, 5.74) is 0.432. The molecule has 1 nitrogen and oxygen atoms in total. The van der Waals surface area contributed by atoms with E-state index < -0.39 is 0 Å². The summed E-state index contributed by atoms with van der Waals surface area (Å²) in [5.74, 6) is 2.62. The van der Waals surface area contributed by atoms with E-state index in [9.17, 15) is 0 Å². The predicted octanol–water partition coefficient (Wildman–Crippen LogP) is 2.76. The molecular weight excluding hydrogens is 156 g/mol. The lowest BCUT2D eigenvalue weighted by Gasteiger charge is -2.34. The van der Waals surface area contributed by atoms with Crippen LogP contribution in [0.4, 0.5) is 0 Å². The van der Waals surface area contributed by atoms with Crippen LogP contribution in [0.5, 0.6) is 0 Å². The van der Waals surface area contributed by atoms with Crippen molar-refractivity contribution >= 4 is 11.8 Å². The lowest BCUT2D eigenvalue weighted by molar-refractivity contribution is -0.00800. The molecule has 0 aromatic rings. The Morgan fingerprint density at radius 3 is 2.45 bits per heavy atom. The van der Waals surface area contributed by atoms with Gasteiger partial charge in [-0.05, 0) is 18.8 Å². The van der Waals surface area contributed by atoms with E-state index in [-0.39, 0.29) is 0 Å². The minimum Gasteiger partial charge on any atom is -0.364 e. The summed E-state index contributed by atoms with van der Waals surface area (Å²) in [6.07, 6.45) is 0.448. The van der Waals surface area contributed by atoms with Crippen LogP contribution < -0.4 is 0 Å². The summed E-state index contributed by atoms with van der Waals surface area (Å²) in [6.45, 7) is 8.88. The lowest BCUT2D eigenvalue weighted by atomic mass is 10.1. The molecule has 0 aromatic heterocycles. The summed E-state index contributed by atoms with van der Waals surface area (Å²) in [4.78, 5) is 0. The molecule has 1 heterocycles. The van der Waals surface area contributed by atoms with Crippen LogP contribution in [-0.2, 0) is 4.74 Å². The predicted molar refractivity (Wildman–Crippen MR) is 50.8 cm³/mol. The number of hydrogen-bond acceptors (Lipinski definition) is 2. The molecule has 0 spiro atoms. The summed E-state index contributed by atoms with van der Waals surface area (Å²) in [7, 11) is 0. The van der Waals surface area contributed by atoms with Crippen molar-refractivity contribution in [1.82, 2.24) is 0 Å². The standard InChI is InChI=1S/C9H18OS/c1-6(2)9-10-8(4)7(3)5-11-9/h6-9H,5H2,1-4H3. The van der Waals surface area contributed by atoms with Gasteiger partial charge < -0.3 is 4.74 Å². The molecule has 1 aliphatic heterocycles. The van der Waals surface area contributed by atoms with Gasteiger partial charge in [0.25, 0.3) is 0 Å². The van der Waals surface area contributed by atoms with Gasteiger partial charge in [0, 0.05) is 5.75 Å². The fraction of sp³-hybridized carbons (Fsp3) is 1.00. The van der Waals surface area contributed by atoms with Gasteiger partial charge >= 0.3 is 0 Å². The van der Waals surface area contributed by atoms with E-state index in [0.717, 1.165) is 5.92 Å². The zero-order chi connectivity index (χ0) is 8.43. The van der Waals surface area contributed by atoms with Gasteiger partial charge in [0.1, 0.15) is 5.44 Å². The molecule has 66 valence electrons. The second-order valence-electron chi connectivity index (χ2n) is 3.76. The fourth-order valence-electron chi connectivity index (χ4n) is 1.12. The molecule has 0 aromatic carbocycles. The van der Waals surface area contributed by atoms with Crippen molar-refractivity contribution in [2.45, 2.75) is 39.2 Å². The highest BCUT2D eigenvalue weighted by Gasteiger charge is 2.27. The zero-order valence-electron chi connectivity index (χ0n) is 7.83. The van der Waals surface area contributed by atoms with Crippen molar-refractivity contribution < 1.29 is 4.74 Å². The molecule has 3 unspecified atom stereocenters. The monoisotopic (exact) mass is 174 g/mol. The van der Waals surface area contributed by atoms with Crippen molar-refractivity contribution in [2.24, 2.45) is 11.8 Å². The normalized spacial score (nSPS) is 39.5. The first-order valence-corrected chi connectivity index (χ1v) is 5.43. The first kappa shape index (κ1) is 9.40. The summed E-state index contributed by atoms with van der Waals surface area (Å²) in [5, 5.41) is 0. The SMILES string of the molecule is CC(C)C1OC(C)C(C)CS1. The van der Waals surface area contributed by atoms with Gasteiger partial charge in [0.15, 0.2) is 0 Å². The highest BCUT2D eigenvalue weighted by molar-refractivity contribution is 7.99. The molecule has 1 aliphatic rings. The summed E-state index contributed by atoms with van der Waals surface area (Å²) < 4.78 is 5.82. The van der Waals surface area contributed by atoms with E-state index in [1.807, 2.05) is 11.8 Å². The van der Waals surface area contributed by atoms with Crippen molar-refractivity contribution in [3.63, 3.8) is 0 Å². The Labute approximate surface area is 73.9 Å². The third-order valence-corrected chi connectivity index (χ3v) is 3.92. The lowest BCUT2D eigenvalue weighted by Crippen LogP contribution is -2.33. The molecular formula is C9H18OS. The quantitative estimate of drug-likeness (QED) is 0.604. The molecule has 0 amide bonds. The van der Waals surface area contributed by atoms with Gasteiger partial charge in [0.05, 0.1) is 6.10 Å². The molecule has 3 atom stereocenters. The summed E-state index contributed by atoms with van der Waals surface area (Å²) in [6, 6.07) is 0. The van der Waals surface area contributed by atoms with Crippen LogP contribution in [0.3, 0.4) is 0 Å². The molecule has 2 heteroatoms. The first-order chi connectivity index (χ1) is 5.11. The van der Waals surface area contributed by atoms with Gasteiger partial charge in [-0.3, -0.25) is 0 Å². The van der Waals surface area contributed by atoms with Gasteiger partial charge in [-0.1, -0.05) is 20.8 Å². The van der Waals surface area contributed by atoms with E-state index in [0.29, 0.717) is 17.5 Å². The van der Waals surface area contributed by atoms with Crippen LogP contribution >= 0.6 is 11.8 Å². The average Bonchev–Trinajstić information content (AvgIpc) is 1.94. The molecule has 0 radical (unpaired) electrons. The third kappa shape index (κ3) is 2.38. The molecule has 1 saturated heterocycles. The van der Waals surface area contributed by atoms with Crippen molar-refractivity contribution in [3.05, 3.63) is 0 Å². The zero-order valence-corrected chi connectivity index (χ0v) is 8.65. The Morgan fingerprint density at radius 1 is 1.36 bits per heavy atom. The Morgan fingerprint density at radius 2 is 2.00 bits per heavy atom. The largest absolute Gasteiger partial charge is 0.364 e. The molecule has 0 N–H and O–H groups in total. The number of ether oxygens (including phenoxy) is 1. The molecule has 1 fully saturated rings. The minimum absolute atomic E-state index is 0.432. The van der Waals surface area contributed by atoms with Crippen LogP contribution in [0.2, 0.25) is 0 Å². The van der Waals surface area contributed by atoms with Crippen LogP contribution in [-0.4, -0.2) is 17.3 Å². The third-order valence-electron chi connectivity index (χ3n) is 2.22. The number of hydrogen-bond donors (Lipinski definition) is 0. The Kier molecular flexibility index (Phi) is 3.26. The maximum absolute atomic E-state index is 5.82. The van der Waals surface area contributed by atoms with Crippen LogP contribution in [0.1, 0.15) is 27.7 Å². The van der Waals surface area contributed by atoms with Gasteiger partial charge in [0.2, 0.25) is 0 Å². The van der Waals surface area contributed by atoms with Crippen molar-refractivity contribution in [2.75, 3.05) is 5.75 Å². The van der Waals surface area contributed by atoms with Crippen LogP contribution in [0.15, 0.2) is 0 Å². The Hall–Kier alpha value is 0.310.